The highest BCUT2D eigenvalue weighted by atomic mass is 32.7. The van der Waals surface area contributed by atoms with Crippen LogP contribution in [0.3, 0.4) is 0 Å². The summed E-state index contributed by atoms with van der Waals surface area (Å²) in [6.07, 6.45) is 7.34. The van der Waals surface area contributed by atoms with Crippen LogP contribution in [0.5, 0.6) is 0 Å². The molecule has 1 nitrogen and oxygen atoms in total. The number of fused-ring (bicyclic) bond motifs is 1. The standard InChI is InChI=1S/C12H23OPS/c1-9-6-7-10-11(8-9)13-14(4,5)15-12(10,2)3/h9-11H,4,6-8H2,1-3,5H3. The van der Waals surface area contributed by atoms with Gasteiger partial charge in [0.1, 0.15) is 0 Å². The lowest BCUT2D eigenvalue weighted by molar-refractivity contribution is 0.0618. The molecule has 0 aromatic carbocycles. The minimum Gasteiger partial charge on any atom is -0.348 e. The molecule has 0 bridgehead atoms. The van der Waals surface area contributed by atoms with Gasteiger partial charge in [-0.1, -0.05) is 19.6 Å². The first kappa shape index (κ1) is 12.1. The Labute approximate surface area is 98.2 Å². The van der Waals surface area contributed by atoms with Crippen molar-refractivity contribution in [2.24, 2.45) is 11.8 Å². The van der Waals surface area contributed by atoms with E-state index < -0.39 is 6.31 Å². The van der Waals surface area contributed by atoms with Crippen LogP contribution in [0.4, 0.5) is 0 Å². The van der Waals surface area contributed by atoms with Crippen LogP contribution in [0, 0.1) is 11.8 Å². The molecule has 0 N–H and O–H groups in total. The SMILES string of the molecule is C=P1(C)OC2CC(C)CCC2C(C)(C)S1. The molecule has 1 saturated carbocycles. The predicted molar refractivity (Wildman–Crippen MR) is 73.0 cm³/mol. The van der Waals surface area contributed by atoms with Gasteiger partial charge in [-0.3, -0.25) is 0 Å². The second-order valence-corrected chi connectivity index (χ2v) is 12.2. The Kier molecular flexibility index (Phi) is 3.08. The van der Waals surface area contributed by atoms with Gasteiger partial charge in [0.05, 0.1) is 12.4 Å². The van der Waals surface area contributed by atoms with Crippen molar-refractivity contribution in [2.45, 2.75) is 50.9 Å². The summed E-state index contributed by atoms with van der Waals surface area (Å²) in [4.78, 5) is 0. The largest absolute Gasteiger partial charge is 0.348 e. The van der Waals surface area contributed by atoms with E-state index in [0.717, 1.165) is 11.8 Å². The first-order valence-corrected chi connectivity index (χ1v) is 9.66. The van der Waals surface area contributed by atoms with Crippen molar-refractivity contribution in [1.82, 2.24) is 0 Å². The maximum absolute atomic E-state index is 6.25. The lowest BCUT2D eigenvalue weighted by Crippen LogP contribution is -2.44. The molecule has 0 spiro atoms. The van der Waals surface area contributed by atoms with E-state index >= 15 is 0 Å². The normalized spacial score (nSPS) is 49.7. The maximum atomic E-state index is 6.25. The van der Waals surface area contributed by atoms with Gasteiger partial charge < -0.3 is 4.52 Å². The highest BCUT2D eigenvalue weighted by molar-refractivity contribution is 8.60. The fourth-order valence-corrected chi connectivity index (χ4v) is 9.22. The second-order valence-electron chi connectivity index (χ2n) is 5.88. The van der Waals surface area contributed by atoms with Gasteiger partial charge in [0.15, 0.2) is 0 Å². The molecule has 1 aliphatic carbocycles. The Morgan fingerprint density at radius 2 is 2.07 bits per heavy atom. The molecule has 2 fully saturated rings. The average Bonchev–Trinajstić information content (AvgIpc) is 1.97. The van der Waals surface area contributed by atoms with Crippen molar-refractivity contribution in [1.29, 1.82) is 0 Å². The van der Waals surface area contributed by atoms with Gasteiger partial charge in [-0.25, -0.2) is 0 Å². The Morgan fingerprint density at radius 1 is 1.40 bits per heavy atom. The molecule has 0 amide bonds. The van der Waals surface area contributed by atoms with Crippen LogP contribution in [0.1, 0.15) is 40.0 Å². The van der Waals surface area contributed by atoms with Crippen LogP contribution < -0.4 is 0 Å². The minimum atomic E-state index is -1.41. The van der Waals surface area contributed by atoms with E-state index in [1.807, 2.05) is 11.4 Å². The molecule has 15 heavy (non-hydrogen) atoms. The van der Waals surface area contributed by atoms with Gasteiger partial charge in [-0.05, 0) is 39.3 Å². The van der Waals surface area contributed by atoms with Crippen molar-refractivity contribution >= 4 is 24.0 Å². The molecule has 0 aromatic rings. The highest BCUT2D eigenvalue weighted by Crippen LogP contribution is 2.69. The zero-order valence-electron chi connectivity index (χ0n) is 10.3. The van der Waals surface area contributed by atoms with Crippen LogP contribution in [-0.4, -0.2) is 23.8 Å². The molecule has 0 radical (unpaired) electrons. The Hall–Kier alpha value is 0.610. The quantitative estimate of drug-likeness (QED) is 0.591. The van der Waals surface area contributed by atoms with Crippen molar-refractivity contribution in [3.8, 4) is 0 Å². The third-order valence-corrected chi connectivity index (χ3v) is 8.44. The van der Waals surface area contributed by atoms with E-state index in [-0.39, 0.29) is 0 Å². The van der Waals surface area contributed by atoms with Crippen molar-refractivity contribution in [3.05, 3.63) is 0 Å². The summed E-state index contributed by atoms with van der Waals surface area (Å²) in [6.45, 7) is 9.34. The third-order valence-electron chi connectivity index (χ3n) is 3.73. The molecule has 1 aliphatic heterocycles. The predicted octanol–water partition coefficient (Wildman–Crippen LogP) is 4.24. The van der Waals surface area contributed by atoms with Crippen LogP contribution in [0.2, 0.25) is 0 Å². The van der Waals surface area contributed by atoms with E-state index in [0.29, 0.717) is 10.9 Å². The Morgan fingerprint density at radius 3 is 2.73 bits per heavy atom. The van der Waals surface area contributed by atoms with Gasteiger partial charge >= 0.3 is 0 Å². The van der Waals surface area contributed by atoms with Crippen LogP contribution in [0.25, 0.3) is 0 Å². The van der Waals surface area contributed by atoms with E-state index in [1.165, 1.54) is 19.3 Å². The zero-order chi connectivity index (χ0) is 11.3. The minimum absolute atomic E-state index is 0.368. The fourth-order valence-electron chi connectivity index (χ4n) is 3.11. The summed E-state index contributed by atoms with van der Waals surface area (Å²) in [5.74, 6) is 1.58. The van der Waals surface area contributed by atoms with Gasteiger partial charge in [-0.2, -0.15) is 0 Å². The molecule has 3 heteroatoms. The lowest BCUT2D eigenvalue weighted by atomic mass is 9.75. The topological polar surface area (TPSA) is 9.23 Å². The molecule has 1 saturated heterocycles. The molecule has 4 atom stereocenters. The third kappa shape index (κ3) is 2.48. The molecule has 2 aliphatic rings. The monoisotopic (exact) mass is 246 g/mol. The van der Waals surface area contributed by atoms with Gasteiger partial charge in [0.25, 0.3) is 0 Å². The van der Waals surface area contributed by atoms with Crippen LogP contribution in [0.15, 0.2) is 0 Å². The first-order chi connectivity index (χ1) is 6.80. The summed E-state index contributed by atoms with van der Waals surface area (Å²) in [5, 5.41) is 0. The molecule has 88 valence electrons. The average molecular weight is 246 g/mol. The maximum Gasteiger partial charge on any atom is 0.0670 e. The van der Waals surface area contributed by atoms with E-state index in [9.17, 15) is 0 Å². The molecular weight excluding hydrogens is 223 g/mol. The van der Waals surface area contributed by atoms with E-state index in [1.54, 1.807) is 0 Å². The van der Waals surface area contributed by atoms with Gasteiger partial charge in [-0.15, -0.1) is 11.4 Å². The smallest absolute Gasteiger partial charge is 0.0670 e. The highest BCUT2D eigenvalue weighted by Gasteiger charge is 2.46. The van der Waals surface area contributed by atoms with Gasteiger partial charge in [0.2, 0.25) is 0 Å². The summed E-state index contributed by atoms with van der Waals surface area (Å²) < 4.78 is 6.62. The second kappa shape index (κ2) is 3.82. The number of hydrogen-bond acceptors (Lipinski definition) is 2. The van der Waals surface area contributed by atoms with Crippen molar-refractivity contribution in [3.63, 3.8) is 0 Å². The van der Waals surface area contributed by atoms with E-state index in [4.69, 9.17) is 4.52 Å². The van der Waals surface area contributed by atoms with Crippen LogP contribution >= 0.6 is 17.7 Å². The first-order valence-electron chi connectivity index (χ1n) is 5.90. The van der Waals surface area contributed by atoms with Crippen molar-refractivity contribution < 1.29 is 4.52 Å². The summed E-state index contributed by atoms with van der Waals surface area (Å²) >= 11 is 2.01. The number of rotatable bonds is 0. The summed E-state index contributed by atoms with van der Waals surface area (Å²) in [7, 11) is 0. The molecule has 0 aromatic heterocycles. The van der Waals surface area contributed by atoms with Crippen molar-refractivity contribution in [2.75, 3.05) is 6.66 Å². The Bertz CT molecular complexity index is 300. The molecular formula is C12H23OPS. The van der Waals surface area contributed by atoms with Gasteiger partial charge in [0, 0.05) is 10.7 Å². The summed E-state index contributed by atoms with van der Waals surface area (Å²) in [5.41, 5.74) is 0. The number of hydrogen-bond donors (Lipinski definition) is 0. The van der Waals surface area contributed by atoms with Crippen LogP contribution in [-0.2, 0) is 4.52 Å². The lowest BCUT2D eigenvalue weighted by Gasteiger charge is -2.51. The Balaban J connectivity index is 2.22. The van der Waals surface area contributed by atoms with E-state index in [2.05, 4.69) is 33.7 Å². The molecule has 4 unspecified atom stereocenters. The zero-order valence-corrected chi connectivity index (χ0v) is 12.0. The fraction of sp³-hybridized carbons (Fsp3) is 0.917. The molecule has 2 rings (SSSR count). The molecule has 1 heterocycles. The summed E-state index contributed by atoms with van der Waals surface area (Å²) in [6, 6.07) is 0.